The summed E-state index contributed by atoms with van der Waals surface area (Å²) in [5, 5.41) is 10.8. The predicted octanol–water partition coefficient (Wildman–Crippen LogP) is 2.38. The highest BCUT2D eigenvalue weighted by Crippen LogP contribution is 2.43. The monoisotopic (exact) mass is 303 g/mol. The zero-order valence-electron chi connectivity index (χ0n) is 13.1. The van der Waals surface area contributed by atoms with Gasteiger partial charge in [-0.25, -0.2) is 12.7 Å². The molecule has 2 rings (SSSR count). The Morgan fingerprint density at radius 1 is 1.20 bits per heavy atom. The van der Waals surface area contributed by atoms with Gasteiger partial charge in [-0.3, -0.25) is 0 Å². The van der Waals surface area contributed by atoms with Crippen LogP contribution in [0.4, 0.5) is 0 Å². The highest BCUT2D eigenvalue weighted by molar-refractivity contribution is 7.88. The first-order chi connectivity index (χ1) is 9.10. The van der Waals surface area contributed by atoms with Gasteiger partial charge in [-0.05, 0) is 56.3 Å². The standard InChI is InChI=1S/C15H29NO3S/c1-14(2)6-8-15(17,9-7-14)11-13-5-4-10-16(12-13)20(3,18)19/h13,17H,4-12H2,1-3H3. The Morgan fingerprint density at radius 3 is 2.35 bits per heavy atom. The second-order valence-electron chi connectivity index (χ2n) is 7.72. The minimum absolute atomic E-state index is 0.310. The molecule has 118 valence electrons. The van der Waals surface area contributed by atoms with E-state index in [0.29, 0.717) is 24.4 Å². The topological polar surface area (TPSA) is 57.6 Å². The van der Waals surface area contributed by atoms with Gasteiger partial charge in [0.1, 0.15) is 0 Å². The van der Waals surface area contributed by atoms with E-state index < -0.39 is 15.6 Å². The van der Waals surface area contributed by atoms with E-state index in [9.17, 15) is 13.5 Å². The van der Waals surface area contributed by atoms with Gasteiger partial charge in [0, 0.05) is 13.1 Å². The Morgan fingerprint density at radius 2 is 1.80 bits per heavy atom. The van der Waals surface area contributed by atoms with E-state index in [4.69, 9.17) is 0 Å². The molecule has 1 saturated carbocycles. The Hall–Kier alpha value is -0.130. The summed E-state index contributed by atoms with van der Waals surface area (Å²) in [5.74, 6) is 0.310. The number of hydrogen-bond donors (Lipinski definition) is 1. The van der Waals surface area contributed by atoms with Gasteiger partial charge in [-0.1, -0.05) is 13.8 Å². The summed E-state index contributed by atoms with van der Waals surface area (Å²) in [6.45, 7) is 5.75. The zero-order valence-corrected chi connectivity index (χ0v) is 13.9. The molecule has 1 aliphatic heterocycles. The SMILES string of the molecule is CC1(C)CCC(O)(CC2CCCN(S(C)(=O)=O)C2)CC1. The van der Waals surface area contributed by atoms with Crippen LogP contribution in [0.3, 0.4) is 0 Å². The molecule has 0 bridgehead atoms. The van der Waals surface area contributed by atoms with Crippen LogP contribution in [0.25, 0.3) is 0 Å². The van der Waals surface area contributed by atoms with Crippen molar-refractivity contribution in [3.8, 4) is 0 Å². The highest BCUT2D eigenvalue weighted by atomic mass is 32.2. The maximum Gasteiger partial charge on any atom is 0.211 e. The first-order valence-electron chi connectivity index (χ1n) is 7.77. The number of aliphatic hydroxyl groups is 1. The summed E-state index contributed by atoms with van der Waals surface area (Å²) in [4.78, 5) is 0. The average Bonchev–Trinajstić information content (AvgIpc) is 2.33. The van der Waals surface area contributed by atoms with Crippen molar-refractivity contribution in [2.24, 2.45) is 11.3 Å². The fourth-order valence-electron chi connectivity index (χ4n) is 3.63. The second-order valence-corrected chi connectivity index (χ2v) is 9.70. The van der Waals surface area contributed by atoms with Crippen molar-refractivity contribution < 1.29 is 13.5 Å². The summed E-state index contributed by atoms with van der Waals surface area (Å²) in [6, 6.07) is 0. The number of sulfonamides is 1. The predicted molar refractivity (Wildman–Crippen MR) is 81.0 cm³/mol. The third-order valence-corrected chi connectivity index (χ3v) is 6.42. The number of nitrogens with zero attached hydrogens (tertiary/aromatic N) is 1. The smallest absolute Gasteiger partial charge is 0.211 e. The highest BCUT2D eigenvalue weighted by Gasteiger charge is 2.39. The number of rotatable bonds is 3. The molecule has 4 nitrogen and oxygen atoms in total. The van der Waals surface area contributed by atoms with Crippen molar-refractivity contribution in [2.45, 2.75) is 64.4 Å². The quantitative estimate of drug-likeness (QED) is 0.871. The zero-order chi connectivity index (χ0) is 15.0. The molecule has 1 atom stereocenters. The van der Waals surface area contributed by atoms with Gasteiger partial charge < -0.3 is 5.11 Å². The van der Waals surface area contributed by atoms with Gasteiger partial charge in [-0.2, -0.15) is 0 Å². The Labute approximate surface area is 123 Å². The number of piperidine rings is 1. The fourth-order valence-corrected chi connectivity index (χ4v) is 4.57. The van der Waals surface area contributed by atoms with Crippen LogP contribution in [0.5, 0.6) is 0 Å². The molecule has 1 heterocycles. The van der Waals surface area contributed by atoms with E-state index >= 15 is 0 Å². The van der Waals surface area contributed by atoms with Crippen LogP contribution >= 0.6 is 0 Å². The third kappa shape index (κ3) is 4.18. The second kappa shape index (κ2) is 5.58. The molecule has 2 aliphatic rings. The van der Waals surface area contributed by atoms with Crippen LogP contribution in [0, 0.1) is 11.3 Å². The van der Waals surface area contributed by atoms with Gasteiger partial charge in [0.15, 0.2) is 0 Å². The van der Waals surface area contributed by atoms with Crippen LogP contribution in [-0.2, 0) is 10.0 Å². The van der Waals surface area contributed by atoms with E-state index in [-0.39, 0.29) is 0 Å². The molecular weight excluding hydrogens is 274 g/mol. The van der Waals surface area contributed by atoms with Crippen molar-refractivity contribution >= 4 is 10.0 Å². The maximum atomic E-state index is 11.7. The maximum absolute atomic E-state index is 11.7. The lowest BCUT2D eigenvalue weighted by molar-refractivity contribution is -0.0476. The van der Waals surface area contributed by atoms with Gasteiger partial charge in [0.05, 0.1) is 11.9 Å². The normalized spacial score (nSPS) is 31.1. The molecule has 1 saturated heterocycles. The van der Waals surface area contributed by atoms with E-state index in [0.717, 1.165) is 44.9 Å². The summed E-state index contributed by atoms with van der Waals surface area (Å²) in [7, 11) is -3.09. The van der Waals surface area contributed by atoms with Crippen molar-refractivity contribution in [1.82, 2.24) is 4.31 Å². The van der Waals surface area contributed by atoms with Crippen molar-refractivity contribution in [3.63, 3.8) is 0 Å². The third-order valence-electron chi connectivity index (χ3n) is 5.15. The molecule has 20 heavy (non-hydrogen) atoms. The van der Waals surface area contributed by atoms with E-state index in [2.05, 4.69) is 13.8 Å². The van der Waals surface area contributed by atoms with Gasteiger partial charge in [0.2, 0.25) is 10.0 Å². The van der Waals surface area contributed by atoms with E-state index in [1.807, 2.05) is 0 Å². The summed E-state index contributed by atoms with van der Waals surface area (Å²) in [5.41, 5.74) is -0.224. The lowest BCUT2D eigenvalue weighted by Gasteiger charge is -2.43. The molecule has 5 heteroatoms. The van der Waals surface area contributed by atoms with Crippen molar-refractivity contribution in [3.05, 3.63) is 0 Å². The number of hydrogen-bond acceptors (Lipinski definition) is 3. The Bertz CT molecular complexity index is 434. The van der Waals surface area contributed by atoms with Gasteiger partial charge >= 0.3 is 0 Å². The molecule has 0 amide bonds. The lowest BCUT2D eigenvalue weighted by atomic mass is 9.68. The van der Waals surface area contributed by atoms with Gasteiger partial charge in [-0.15, -0.1) is 0 Å². The molecule has 2 fully saturated rings. The fraction of sp³-hybridized carbons (Fsp3) is 1.00. The molecule has 0 aromatic rings. The Kier molecular flexibility index (Phi) is 4.53. The van der Waals surface area contributed by atoms with Crippen LogP contribution in [0.1, 0.15) is 58.8 Å². The molecule has 0 radical (unpaired) electrons. The molecule has 1 N–H and O–H groups in total. The molecule has 0 aromatic heterocycles. The van der Waals surface area contributed by atoms with Crippen molar-refractivity contribution in [1.29, 1.82) is 0 Å². The van der Waals surface area contributed by atoms with Crippen LogP contribution < -0.4 is 0 Å². The molecule has 0 spiro atoms. The molecular formula is C15H29NO3S. The molecule has 0 aromatic carbocycles. The van der Waals surface area contributed by atoms with Crippen molar-refractivity contribution in [2.75, 3.05) is 19.3 Å². The minimum atomic E-state index is -3.09. The lowest BCUT2D eigenvalue weighted by Crippen LogP contribution is -2.44. The van der Waals surface area contributed by atoms with E-state index in [1.165, 1.54) is 6.26 Å². The average molecular weight is 303 g/mol. The van der Waals surface area contributed by atoms with Crippen LogP contribution in [0.2, 0.25) is 0 Å². The largest absolute Gasteiger partial charge is 0.390 e. The first kappa shape index (κ1) is 16.2. The van der Waals surface area contributed by atoms with Crippen LogP contribution in [0.15, 0.2) is 0 Å². The summed E-state index contributed by atoms with van der Waals surface area (Å²) in [6.07, 6.45) is 7.84. The van der Waals surface area contributed by atoms with Crippen LogP contribution in [-0.4, -0.2) is 42.8 Å². The molecule has 1 unspecified atom stereocenters. The summed E-state index contributed by atoms with van der Waals surface area (Å²) < 4.78 is 24.9. The molecule has 1 aliphatic carbocycles. The van der Waals surface area contributed by atoms with E-state index in [1.54, 1.807) is 4.31 Å². The Balaban J connectivity index is 1.93. The summed E-state index contributed by atoms with van der Waals surface area (Å²) >= 11 is 0. The van der Waals surface area contributed by atoms with Gasteiger partial charge in [0.25, 0.3) is 0 Å². The first-order valence-corrected chi connectivity index (χ1v) is 9.62. The minimum Gasteiger partial charge on any atom is -0.390 e.